The van der Waals surface area contributed by atoms with Gasteiger partial charge in [-0.05, 0) is 32.0 Å². The number of aryl methyl sites for hydroxylation is 1. The van der Waals surface area contributed by atoms with E-state index >= 15 is 0 Å². The van der Waals surface area contributed by atoms with Gasteiger partial charge in [-0.3, -0.25) is 14.4 Å². The maximum Gasteiger partial charge on any atom is 0.252 e. The number of carbonyl (C=O) groups excluding carboxylic acids is 1. The molecule has 1 fully saturated rings. The van der Waals surface area contributed by atoms with Gasteiger partial charge in [0.2, 0.25) is 0 Å². The molecule has 2 aromatic heterocycles. The molecule has 7 heteroatoms. The summed E-state index contributed by atoms with van der Waals surface area (Å²) in [6.07, 6.45) is 1.64. The fourth-order valence-electron chi connectivity index (χ4n) is 3.70. The molecule has 4 rings (SSSR count). The number of ether oxygens (including phenoxy) is 1. The molecular weight excluding hydrogens is 366 g/mol. The number of nitrogens with zero attached hydrogens (tertiary/aromatic N) is 4. The molecule has 1 aliphatic heterocycles. The van der Waals surface area contributed by atoms with Crippen LogP contribution < -0.4 is 5.32 Å². The van der Waals surface area contributed by atoms with Crippen molar-refractivity contribution in [1.82, 2.24) is 25.0 Å². The highest BCUT2D eigenvalue weighted by Gasteiger charge is 2.25. The van der Waals surface area contributed by atoms with Crippen molar-refractivity contribution in [3.63, 3.8) is 0 Å². The van der Waals surface area contributed by atoms with Crippen molar-refractivity contribution in [3.8, 4) is 0 Å². The number of carbonyl (C=O) groups is 1. The maximum absolute atomic E-state index is 12.8. The van der Waals surface area contributed by atoms with Crippen LogP contribution in [0.2, 0.25) is 0 Å². The summed E-state index contributed by atoms with van der Waals surface area (Å²) in [5, 5.41) is 8.11. The number of para-hydroxylation sites is 1. The van der Waals surface area contributed by atoms with E-state index in [-0.39, 0.29) is 18.1 Å². The van der Waals surface area contributed by atoms with E-state index < -0.39 is 0 Å². The summed E-state index contributed by atoms with van der Waals surface area (Å²) >= 11 is 0. The zero-order chi connectivity index (χ0) is 20.4. The number of morpholine rings is 1. The number of benzene rings is 1. The first-order valence-corrected chi connectivity index (χ1v) is 10.0. The highest BCUT2D eigenvalue weighted by atomic mass is 16.5. The van der Waals surface area contributed by atoms with Crippen LogP contribution in [-0.2, 0) is 18.3 Å². The van der Waals surface area contributed by atoms with E-state index in [1.807, 2.05) is 68.2 Å². The fraction of sp³-hybridized carbons (Fsp3) is 0.409. The molecule has 1 N–H and O–H groups in total. The van der Waals surface area contributed by atoms with Gasteiger partial charge in [-0.15, -0.1) is 0 Å². The van der Waals surface area contributed by atoms with E-state index in [9.17, 15) is 4.79 Å². The molecule has 1 saturated heterocycles. The summed E-state index contributed by atoms with van der Waals surface area (Å²) in [4.78, 5) is 20.0. The van der Waals surface area contributed by atoms with Crippen molar-refractivity contribution < 1.29 is 9.53 Å². The lowest BCUT2D eigenvalue weighted by Gasteiger charge is -2.32. The van der Waals surface area contributed by atoms with Gasteiger partial charge < -0.3 is 10.1 Å². The number of aromatic nitrogens is 3. The summed E-state index contributed by atoms with van der Waals surface area (Å²) < 4.78 is 7.95. The monoisotopic (exact) mass is 393 g/mol. The predicted molar refractivity (Wildman–Crippen MR) is 112 cm³/mol. The van der Waals surface area contributed by atoms with Crippen LogP contribution in [-0.4, -0.2) is 51.3 Å². The summed E-state index contributed by atoms with van der Waals surface area (Å²) in [7, 11) is 1.96. The van der Waals surface area contributed by atoms with Crippen molar-refractivity contribution in [2.75, 3.05) is 19.7 Å². The summed E-state index contributed by atoms with van der Waals surface area (Å²) in [5.74, 6) is -0.0811. The number of nitrogens with one attached hydrogen (secondary N) is 1. The second kappa shape index (κ2) is 8.31. The zero-order valence-electron chi connectivity index (χ0n) is 17.1. The maximum atomic E-state index is 12.8. The Morgan fingerprint density at radius 1 is 1.31 bits per heavy atom. The quantitative estimate of drug-likeness (QED) is 0.722. The molecule has 0 radical (unpaired) electrons. The van der Waals surface area contributed by atoms with E-state index in [2.05, 4.69) is 15.3 Å². The van der Waals surface area contributed by atoms with Crippen LogP contribution >= 0.6 is 0 Å². The van der Waals surface area contributed by atoms with E-state index in [0.29, 0.717) is 12.2 Å². The Morgan fingerprint density at radius 2 is 2.14 bits per heavy atom. The first-order chi connectivity index (χ1) is 14.0. The Morgan fingerprint density at radius 3 is 2.90 bits per heavy atom. The third kappa shape index (κ3) is 4.31. The summed E-state index contributed by atoms with van der Waals surface area (Å²) in [6, 6.07) is 11.8. The van der Waals surface area contributed by atoms with Crippen molar-refractivity contribution in [1.29, 1.82) is 0 Å². The lowest BCUT2D eigenvalue weighted by molar-refractivity contribution is -0.0355. The minimum Gasteiger partial charge on any atom is -0.369 e. The Kier molecular flexibility index (Phi) is 5.60. The first-order valence-electron chi connectivity index (χ1n) is 10.0. The van der Waals surface area contributed by atoms with Crippen LogP contribution in [0.1, 0.15) is 41.7 Å². The number of hydrogen-bond donors (Lipinski definition) is 1. The molecule has 0 saturated carbocycles. The molecule has 1 aromatic carbocycles. The largest absolute Gasteiger partial charge is 0.369 e. The Balaban J connectivity index is 1.62. The van der Waals surface area contributed by atoms with Gasteiger partial charge in [0.1, 0.15) is 6.10 Å². The smallest absolute Gasteiger partial charge is 0.252 e. The second-order valence-electron chi connectivity index (χ2n) is 7.78. The van der Waals surface area contributed by atoms with Gasteiger partial charge in [0.05, 0.1) is 29.1 Å². The van der Waals surface area contributed by atoms with Crippen molar-refractivity contribution in [3.05, 3.63) is 59.5 Å². The van der Waals surface area contributed by atoms with Crippen LogP contribution in [0.4, 0.5) is 0 Å². The zero-order valence-corrected chi connectivity index (χ0v) is 17.1. The number of amides is 1. The average Bonchev–Trinajstić information content (AvgIpc) is 3.11. The molecule has 1 atom stereocenters. The minimum atomic E-state index is -0.174. The molecule has 7 nitrogen and oxygen atoms in total. The number of pyridine rings is 1. The van der Waals surface area contributed by atoms with Crippen molar-refractivity contribution in [2.24, 2.45) is 7.05 Å². The molecule has 29 heavy (non-hydrogen) atoms. The van der Waals surface area contributed by atoms with Gasteiger partial charge in [-0.1, -0.05) is 18.2 Å². The van der Waals surface area contributed by atoms with E-state index in [4.69, 9.17) is 9.72 Å². The highest BCUT2D eigenvalue weighted by Crippen LogP contribution is 2.26. The van der Waals surface area contributed by atoms with Crippen LogP contribution in [0.15, 0.2) is 42.6 Å². The van der Waals surface area contributed by atoms with Crippen LogP contribution in [0.3, 0.4) is 0 Å². The lowest BCUT2D eigenvalue weighted by atomic mass is 10.0. The van der Waals surface area contributed by atoms with Crippen LogP contribution in [0.5, 0.6) is 0 Å². The van der Waals surface area contributed by atoms with Gasteiger partial charge in [-0.2, -0.15) is 5.10 Å². The number of rotatable bonds is 5. The SMILES string of the molecule is CC(C)NC(=O)c1cc([C@@H]2CN(Cc3ccnn3C)CCO2)nc2ccccc12. The van der Waals surface area contributed by atoms with Gasteiger partial charge >= 0.3 is 0 Å². The molecule has 0 unspecified atom stereocenters. The molecule has 0 spiro atoms. The first kappa shape index (κ1) is 19.5. The standard InChI is InChI=1S/C22H27N5O2/c1-15(2)24-22(28)18-12-20(25-19-7-5-4-6-17(18)19)21-14-27(10-11-29-21)13-16-8-9-23-26(16)3/h4-9,12,15,21H,10-11,13-14H2,1-3H3,(H,24,28)/t21-/m0/s1. The Labute approximate surface area is 170 Å². The summed E-state index contributed by atoms with van der Waals surface area (Å²) in [6.45, 7) is 6.94. The number of hydrogen-bond acceptors (Lipinski definition) is 5. The molecule has 3 heterocycles. The average molecular weight is 393 g/mol. The highest BCUT2D eigenvalue weighted by molar-refractivity contribution is 6.06. The fourth-order valence-corrected chi connectivity index (χ4v) is 3.70. The second-order valence-corrected chi connectivity index (χ2v) is 7.78. The molecule has 1 amide bonds. The summed E-state index contributed by atoms with van der Waals surface area (Å²) in [5.41, 5.74) is 3.42. The predicted octanol–water partition coefficient (Wildman–Crippen LogP) is 2.68. The van der Waals surface area contributed by atoms with Gasteiger partial charge in [0, 0.05) is 44.3 Å². The van der Waals surface area contributed by atoms with E-state index in [1.165, 1.54) is 0 Å². The van der Waals surface area contributed by atoms with Crippen LogP contribution in [0, 0.1) is 0 Å². The topological polar surface area (TPSA) is 72.3 Å². The van der Waals surface area contributed by atoms with Crippen molar-refractivity contribution in [2.45, 2.75) is 32.5 Å². The molecular formula is C22H27N5O2. The Hall–Kier alpha value is -2.77. The number of fused-ring (bicyclic) bond motifs is 1. The lowest BCUT2D eigenvalue weighted by Crippen LogP contribution is -2.38. The van der Waals surface area contributed by atoms with E-state index in [1.54, 1.807) is 0 Å². The minimum absolute atomic E-state index is 0.0678. The van der Waals surface area contributed by atoms with Crippen LogP contribution in [0.25, 0.3) is 10.9 Å². The Bertz CT molecular complexity index is 1010. The van der Waals surface area contributed by atoms with Gasteiger partial charge in [0.15, 0.2) is 0 Å². The molecule has 152 valence electrons. The third-order valence-electron chi connectivity index (χ3n) is 5.19. The molecule has 3 aromatic rings. The van der Waals surface area contributed by atoms with Gasteiger partial charge in [-0.25, -0.2) is 4.98 Å². The molecule has 1 aliphatic rings. The van der Waals surface area contributed by atoms with E-state index in [0.717, 1.165) is 41.9 Å². The normalized spacial score (nSPS) is 17.7. The third-order valence-corrected chi connectivity index (χ3v) is 5.19. The van der Waals surface area contributed by atoms with Crippen molar-refractivity contribution >= 4 is 16.8 Å². The van der Waals surface area contributed by atoms with Gasteiger partial charge in [0.25, 0.3) is 5.91 Å². The molecule has 0 bridgehead atoms. The molecule has 0 aliphatic carbocycles.